The maximum atomic E-state index is 12.3. The number of anilines is 1. The normalized spacial score (nSPS) is 15.2. The number of amides is 1. The van der Waals surface area contributed by atoms with Gasteiger partial charge in [0.05, 0.1) is 17.3 Å². The fraction of sp³-hybridized carbons (Fsp3) is 0.300. The van der Waals surface area contributed by atoms with Gasteiger partial charge in [-0.1, -0.05) is 18.2 Å². The first-order valence-corrected chi connectivity index (χ1v) is 10.7. The average molecular weight is 404 g/mol. The molecule has 1 atom stereocenters. The van der Waals surface area contributed by atoms with Crippen LogP contribution in [0.1, 0.15) is 27.4 Å². The summed E-state index contributed by atoms with van der Waals surface area (Å²) in [6, 6.07) is 14.4. The van der Waals surface area contributed by atoms with E-state index < -0.39 is 18.0 Å². The molecule has 3 rings (SSSR count). The third-order valence-corrected chi connectivity index (χ3v) is 7.14. The van der Waals surface area contributed by atoms with Gasteiger partial charge in [0.25, 0.3) is 5.91 Å². The largest absolute Gasteiger partial charge is 0.497 e. The number of hydrogen-bond donors (Lipinski definition) is 1. The van der Waals surface area contributed by atoms with Gasteiger partial charge in [0.1, 0.15) is 5.75 Å². The minimum absolute atomic E-state index is 0.396. The van der Waals surface area contributed by atoms with E-state index in [4.69, 9.17) is 9.47 Å². The van der Waals surface area contributed by atoms with Crippen LogP contribution in [0.5, 0.6) is 5.75 Å². The summed E-state index contributed by atoms with van der Waals surface area (Å²) < 4.78 is 10.9. The number of carbonyl (C=O) groups excluding carboxylic acids is 2. The van der Waals surface area contributed by atoms with Crippen LogP contribution < -0.4 is 10.1 Å². The fourth-order valence-corrected chi connectivity index (χ4v) is 5.41. The van der Waals surface area contributed by atoms with Gasteiger partial charge < -0.3 is 14.8 Å². The highest BCUT2D eigenvalue weighted by Gasteiger charge is 2.21. The molecule has 1 aliphatic rings. The highest BCUT2D eigenvalue weighted by atomic mass is 32.2. The summed E-state index contributed by atoms with van der Waals surface area (Å²) in [7, 11) is 1.56. The zero-order valence-corrected chi connectivity index (χ0v) is 16.8. The van der Waals surface area contributed by atoms with Gasteiger partial charge in [-0.2, -0.15) is 0 Å². The molecule has 0 unspecified atom stereocenters. The number of methoxy groups -OCH3 is 1. The summed E-state index contributed by atoms with van der Waals surface area (Å²) in [5, 5.41) is 2.72. The second kappa shape index (κ2) is 9.19. The van der Waals surface area contributed by atoms with Crippen molar-refractivity contribution in [1.29, 1.82) is 0 Å². The number of thioether (sulfide) groups is 2. The van der Waals surface area contributed by atoms with Gasteiger partial charge in [-0.25, -0.2) is 4.79 Å². The van der Waals surface area contributed by atoms with Crippen LogP contribution in [0.2, 0.25) is 0 Å². The number of rotatable bonds is 6. The van der Waals surface area contributed by atoms with Gasteiger partial charge in [-0.05, 0) is 36.8 Å². The number of benzene rings is 2. The van der Waals surface area contributed by atoms with Gasteiger partial charge in [0, 0.05) is 23.3 Å². The zero-order chi connectivity index (χ0) is 19.2. The molecule has 7 heteroatoms. The third-order valence-electron chi connectivity index (χ3n) is 4.03. The molecule has 1 amide bonds. The van der Waals surface area contributed by atoms with E-state index in [1.165, 1.54) is 5.56 Å². The molecule has 0 bridgehead atoms. The Morgan fingerprint density at radius 3 is 2.48 bits per heavy atom. The maximum absolute atomic E-state index is 12.3. The van der Waals surface area contributed by atoms with Crippen molar-refractivity contribution in [2.45, 2.75) is 17.6 Å². The standard InChI is InChI=1S/C20H21NO4S2/c1-13(18(22)21-16-4-3-5-17(12-16)24-2)25-19(23)14-6-8-15(9-7-14)20-26-10-11-27-20/h3-9,12-13,20H,10-11H2,1-2H3,(H,21,22)/t13-/m0/s1. The third kappa shape index (κ3) is 5.20. The maximum Gasteiger partial charge on any atom is 0.338 e. The molecule has 1 heterocycles. The Morgan fingerprint density at radius 2 is 1.81 bits per heavy atom. The van der Waals surface area contributed by atoms with Crippen LogP contribution in [-0.2, 0) is 9.53 Å². The monoisotopic (exact) mass is 403 g/mol. The summed E-state index contributed by atoms with van der Waals surface area (Å²) in [6.07, 6.45) is -0.913. The Kier molecular flexibility index (Phi) is 6.68. The molecule has 0 spiro atoms. The van der Waals surface area contributed by atoms with E-state index in [-0.39, 0.29) is 0 Å². The van der Waals surface area contributed by atoms with Crippen molar-refractivity contribution in [1.82, 2.24) is 0 Å². The van der Waals surface area contributed by atoms with Crippen molar-refractivity contribution in [2.75, 3.05) is 23.9 Å². The second-order valence-electron chi connectivity index (χ2n) is 5.96. The molecule has 0 aliphatic carbocycles. The predicted molar refractivity (Wildman–Crippen MR) is 111 cm³/mol. The van der Waals surface area contributed by atoms with Crippen LogP contribution in [-0.4, -0.2) is 36.6 Å². The number of hydrogen-bond acceptors (Lipinski definition) is 6. The quantitative estimate of drug-likeness (QED) is 0.723. The molecule has 27 heavy (non-hydrogen) atoms. The molecule has 2 aromatic carbocycles. The minimum Gasteiger partial charge on any atom is -0.497 e. The lowest BCUT2D eigenvalue weighted by Gasteiger charge is -2.14. The van der Waals surface area contributed by atoms with Crippen molar-refractivity contribution in [3.8, 4) is 5.75 Å². The van der Waals surface area contributed by atoms with Crippen LogP contribution in [0.15, 0.2) is 48.5 Å². The molecule has 1 saturated heterocycles. The summed E-state index contributed by atoms with van der Waals surface area (Å²) in [6.45, 7) is 1.55. The van der Waals surface area contributed by atoms with E-state index in [9.17, 15) is 9.59 Å². The molecule has 1 N–H and O–H groups in total. The number of nitrogens with one attached hydrogen (secondary N) is 1. The molecule has 0 aromatic heterocycles. The van der Waals surface area contributed by atoms with Gasteiger partial charge in [-0.15, -0.1) is 23.5 Å². The molecular weight excluding hydrogens is 382 g/mol. The molecule has 2 aromatic rings. The van der Waals surface area contributed by atoms with Gasteiger partial charge >= 0.3 is 5.97 Å². The van der Waals surface area contributed by atoms with Crippen molar-refractivity contribution in [3.63, 3.8) is 0 Å². The van der Waals surface area contributed by atoms with Gasteiger partial charge in [0.2, 0.25) is 0 Å². The van der Waals surface area contributed by atoms with E-state index in [2.05, 4.69) is 5.32 Å². The van der Waals surface area contributed by atoms with Crippen molar-refractivity contribution in [2.24, 2.45) is 0 Å². The van der Waals surface area contributed by atoms with Crippen LogP contribution in [0, 0.1) is 0 Å². The van der Waals surface area contributed by atoms with Crippen LogP contribution >= 0.6 is 23.5 Å². The molecule has 142 valence electrons. The molecule has 0 radical (unpaired) electrons. The van der Waals surface area contributed by atoms with Crippen molar-refractivity contribution < 1.29 is 19.1 Å². The topological polar surface area (TPSA) is 64.6 Å². The lowest BCUT2D eigenvalue weighted by molar-refractivity contribution is -0.123. The lowest BCUT2D eigenvalue weighted by Crippen LogP contribution is -2.30. The second-order valence-corrected chi connectivity index (χ2v) is 8.69. The van der Waals surface area contributed by atoms with Crippen LogP contribution in [0.25, 0.3) is 0 Å². The first-order chi connectivity index (χ1) is 13.1. The van der Waals surface area contributed by atoms with Gasteiger partial charge in [-0.3, -0.25) is 4.79 Å². The Morgan fingerprint density at radius 1 is 1.11 bits per heavy atom. The number of esters is 1. The minimum atomic E-state index is -0.913. The van der Waals surface area contributed by atoms with E-state index in [1.807, 2.05) is 35.7 Å². The number of ether oxygens (including phenoxy) is 2. The Labute approximate surface area is 167 Å². The Bertz CT molecular complexity index is 804. The summed E-state index contributed by atoms with van der Waals surface area (Å²) >= 11 is 3.83. The van der Waals surface area contributed by atoms with Gasteiger partial charge in [0.15, 0.2) is 6.10 Å². The van der Waals surface area contributed by atoms with Crippen LogP contribution in [0.3, 0.4) is 0 Å². The van der Waals surface area contributed by atoms with E-state index in [0.717, 1.165) is 11.5 Å². The van der Waals surface area contributed by atoms with E-state index >= 15 is 0 Å². The fourth-order valence-electron chi connectivity index (χ4n) is 2.55. The average Bonchev–Trinajstić information content (AvgIpc) is 3.23. The smallest absolute Gasteiger partial charge is 0.338 e. The number of carbonyl (C=O) groups is 2. The lowest BCUT2D eigenvalue weighted by atomic mass is 10.1. The molecular formula is C20H21NO4S2. The van der Waals surface area contributed by atoms with Crippen molar-refractivity contribution in [3.05, 3.63) is 59.7 Å². The van der Waals surface area contributed by atoms with Crippen molar-refractivity contribution >= 4 is 41.1 Å². The zero-order valence-electron chi connectivity index (χ0n) is 15.1. The summed E-state index contributed by atoms with van der Waals surface area (Å²) in [5.41, 5.74) is 2.22. The molecule has 5 nitrogen and oxygen atoms in total. The highest BCUT2D eigenvalue weighted by Crippen LogP contribution is 2.45. The van der Waals surface area contributed by atoms with E-state index in [1.54, 1.807) is 50.4 Å². The predicted octanol–water partition coefficient (Wildman–Crippen LogP) is 4.36. The molecule has 1 fully saturated rings. The Balaban J connectivity index is 1.56. The first kappa shape index (κ1) is 19.6. The summed E-state index contributed by atoms with van der Waals surface area (Å²) in [5.74, 6) is 2.03. The van der Waals surface area contributed by atoms with Crippen LogP contribution in [0.4, 0.5) is 5.69 Å². The van der Waals surface area contributed by atoms with E-state index in [0.29, 0.717) is 21.6 Å². The molecule has 0 saturated carbocycles. The summed E-state index contributed by atoms with van der Waals surface area (Å²) in [4.78, 5) is 24.6. The SMILES string of the molecule is COc1cccc(NC(=O)[C@H](C)OC(=O)c2ccc(C3SCCS3)cc2)c1. The first-order valence-electron chi connectivity index (χ1n) is 8.56. The highest BCUT2D eigenvalue weighted by molar-refractivity contribution is 8.19. The Hall–Kier alpha value is -2.12. The molecule has 1 aliphatic heterocycles.